The van der Waals surface area contributed by atoms with Crippen molar-refractivity contribution < 1.29 is 14.4 Å². The Bertz CT molecular complexity index is 786. The molecule has 3 rings (SSSR count). The van der Waals surface area contributed by atoms with Crippen LogP contribution in [0.15, 0.2) is 42.5 Å². The van der Waals surface area contributed by atoms with Gasteiger partial charge in [-0.25, -0.2) is 0 Å². The Morgan fingerprint density at radius 3 is 2.54 bits per heavy atom. The first kappa shape index (κ1) is 21.9. The Morgan fingerprint density at radius 2 is 1.89 bits per heavy atom. The fourth-order valence-corrected chi connectivity index (χ4v) is 3.22. The van der Waals surface area contributed by atoms with E-state index >= 15 is 0 Å². The second kappa shape index (κ2) is 10.3. The Labute approximate surface area is 171 Å². The second-order valence-electron chi connectivity index (χ2n) is 6.79. The van der Waals surface area contributed by atoms with Crippen LogP contribution in [0, 0.1) is 10.1 Å². The van der Waals surface area contributed by atoms with Gasteiger partial charge in [0.05, 0.1) is 12.0 Å². The molecule has 0 radical (unpaired) electrons. The van der Waals surface area contributed by atoms with Gasteiger partial charge in [-0.3, -0.25) is 15.0 Å². The number of rotatable bonds is 7. The fourth-order valence-electron chi connectivity index (χ4n) is 3.22. The maximum atomic E-state index is 10.7. The van der Waals surface area contributed by atoms with Crippen molar-refractivity contribution in [1.29, 1.82) is 0 Å². The number of nitrogens with zero attached hydrogens (tertiary/aromatic N) is 2. The molecule has 0 bridgehead atoms. The summed E-state index contributed by atoms with van der Waals surface area (Å²) in [4.78, 5) is 12.8. The largest absolute Gasteiger partial charge is 0.493 e. The first-order valence-electron chi connectivity index (χ1n) is 9.04. The summed E-state index contributed by atoms with van der Waals surface area (Å²) in [5.74, 6) is 1.35. The van der Waals surface area contributed by atoms with Crippen molar-refractivity contribution >= 4 is 18.1 Å². The molecule has 1 saturated heterocycles. The van der Waals surface area contributed by atoms with Crippen LogP contribution in [0.5, 0.6) is 11.5 Å². The van der Waals surface area contributed by atoms with Crippen molar-refractivity contribution in [3.05, 3.63) is 63.7 Å². The van der Waals surface area contributed by atoms with Gasteiger partial charge >= 0.3 is 0 Å². The third-order valence-corrected chi connectivity index (χ3v) is 4.63. The van der Waals surface area contributed by atoms with Crippen LogP contribution in [0.2, 0.25) is 0 Å². The van der Waals surface area contributed by atoms with Gasteiger partial charge in [0.1, 0.15) is 6.61 Å². The number of piperazine rings is 1. The number of hydrogen-bond acceptors (Lipinski definition) is 6. The number of hydrogen-bond donors (Lipinski definition) is 1. The summed E-state index contributed by atoms with van der Waals surface area (Å²) in [7, 11) is 1.62. The quantitative estimate of drug-likeness (QED) is 0.560. The molecular formula is C20H26ClN3O4. The lowest BCUT2D eigenvalue weighted by molar-refractivity contribution is -0.384. The van der Waals surface area contributed by atoms with Gasteiger partial charge in [-0.15, -0.1) is 12.4 Å². The summed E-state index contributed by atoms with van der Waals surface area (Å²) < 4.78 is 11.3. The van der Waals surface area contributed by atoms with E-state index in [9.17, 15) is 10.1 Å². The minimum atomic E-state index is -0.409. The van der Waals surface area contributed by atoms with Crippen molar-refractivity contribution in [3.63, 3.8) is 0 Å². The van der Waals surface area contributed by atoms with Crippen LogP contribution in [0.4, 0.5) is 5.69 Å². The molecule has 1 aliphatic heterocycles. The number of halogens is 1. The molecule has 0 aliphatic carbocycles. The smallest absolute Gasteiger partial charge is 0.269 e. The molecule has 1 N–H and O–H groups in total. The molecular weight excluding hydrogens is 382 g/mol. The summed E-state index contributed by atoms with van der Waals surface area (Å²) >= 11 is 0. The predicted molar refractivity (Wildman–Crippen MR) is 110 cm³/mol. The summed E-state index contributed by atoms with van der Waals surface area (Å²) in [6.45, 7) is 6.42. The lowest BCUT2D eigenvalue weighted by Crippen LogP contribution is -2.48. The second-order valence-corrected chi connectivity index (χ2v) is 6.79. The normalized spacial score (nSPS) is 16.9. The lowest BCUT2D eigenvalue weighted by Gasteiger charge is -2.31. The van der Waals surface area contributed by atoms with E-state index in [1.165, 1.54) is 17.7 Å². The number of benzene rings is 2. The van der Waals surface area contributed by atoms with E-state index in [0.29, 0.717) is 24.1 Å². The van der Waals surface area contributed by atoms with Crippen molar-refractivity contribution in [2.24, 2.45) is 0 Å². The Morgan fingerprint density at radius 1 is 1.18 bits per heavy atom. The molecule has 152 valence electrons. The number of methoxy groups -OCH3 is 1. The van der Waals surface area contributed by atoms with Gasteiger partial charge in [0, 0.05) is 44.4 Å². The zero-order chi connectivity index (χ0) is 19.2. The molecule has 1 atom stereocenters. The number of nitrogens with one attached hydrogen (secondary N) is 1. The average molecular weight is 408 g/mol. The summed E-state index contributed by atoms with van der Waals surface area (Å²) in [5, 5.41) is 14.2. The van der Waals surface area contributed by atoms with E-state index in [1.54, 1.807) is 19.2 Å². The van der Waals surface area contributed by atoms with E-state index < -0.39 is 4.92 Å². The van der Waals surface area contributed by atoms with Gasteiger partial charge in [0.2, 0.25) is 0 Å². The van der Waals surface area contributed by atoms with E-state index in [2.05, 4.69) is 23.2 Å². The maximum absolute atomic E-state index is 10.7. The van der Waals surface area contributed by atoms with Crippen molar-refractivity contribution in [1.82, 2.24) is 10.2 Å². The first-order chi connectivity index (χ1) is 13.0. The monoisotopic (exact) mass is 407 g/mol. The van der Waals surface area contributed by atoms with Crippen LogP contribution in [0.3, 0.4) is 0 Å². The minimum absolute atomic E-state index is 0. The van der Waals surface area contributed by atoms with Crippen LogP contribution in [-0.2, 0) is 13.2 Å². The van der Waals surface area contributed by atoms with Gasteiger partial charge < -0.3 is 14.8 Å². The van der Waals surface area contributed by atoms with Crippen LogP contribution < -0.4 is 14.8 Å². The highest BCUT2D eigenvalue weighted by Crippen LogP contribution is 2.29. The van der Waals surface area contributed by atoms with E-state index in [-0.39, 0.29) is 18.1 Å². The molecule has 0 amide bonds. The Balaban J connectivity index is 0.00000280. The molecule has 1 aliphatic rings. The van der Waals surface area contributed by atoms with E-state index in [0.717, 1.165) is 31.7 Å². The number of nitro groups is 1. The van der Waals surface area contributed by atoms with Crippen molar-refractivity contribution in [2.75, 3.05) is 26.7 Å². The molecule has 2 aromatic rings. The zero-order valence-corrected chi connectivity index (χ0v) is 16.9. The SMILES string of the molecule is COc1ccc(CN2CCN[C@@H](C)C2)cc1OCc1ccc([N+](=O)[O-])cc1.Cl. The van der Waals surface area contributed by atoms with Gasteiger partial charge in [0.25, 0.3) is 5.69 Å². The van der Waals surface area contributed by atoms with Crippen LogP contribution >= 0.6 is 12.4 Å². The van der Waals surface area contributed by atoms with Gasteiger partial charge in [-0.05, 0) is 42.3 Å². The molecule has 1 fully saturated rings. The number of non-ortho nitro benzene ring substituents is 1. The molecule has 0 aromatic heterocycles. The van der Waals surface area contributed by atoms with Gasteiger partial charge in [0.15, 0.2) is 11.5 Å². The fraction of sp³-hybridized carbons (Fsp3) is 0.400. The highest BCUT2D eigenvalue weighted by molar-refractivity contribution is 5.85. The van der Waals surface area contributed by atoms with Gasteiger partial charge in [-0.2, -0.15) is 0 Å². The highest BCUT2D eigenvalue weighted by atomic mass is 35.5. The van der Waals surface area contributed by atoms with Crippen LogP contribution in [0.1, 0.15) is 18.1 Å². The molecule has 0 unspecified atom stereocenters. The first-order valence-corrected chi connectivity index (χ1v) is 9.04. The highest BCUT2D eigenvalue weighted by Gasteiger charge is 2.16. The Kier molecular flexibility index (Phi) is 8.04. The lowest BCUT2D eigenvalue weighted by atomic mass is 10.1. The molecule has 28 heavy (non-hydrogen) atoms. The third-order valence-electron chi connectivity index (χ3n) is 4.63. The van der Waals surface area contributed by atoms with Crippen molar-refractivity contribution in [2.45, 2.75) is 26.1 Å². The molecule has 1 heterocycles. The van der Waals surface area contributed by atoms with E-state index in [1.807, 2.05) is 12.1 Å². The molecule has 2 aromatic carbocycles. The standard InChI is InChI=1S/C20H25N3O4.ClH/c1-15-12-22(10-9-21-15)13-17-5-8-19(26-2)20(11-17)27-14-16-3-6-18(7-4-16)23(24)25;/h3-8,11,15,21H,9-10,12-14H2,1-2H3;1H/t15-;/m0./s1. The van der Waals surface area contributed by atoms with Gasteiger partial charge in [-0.1, -0.05) is 6.07 Å². The Hall–Kier alpha value is -2.35. The average Bonchev–Trinajstić information content (AvgIpc) is 2.67. The topological polar surface area (TPSA) is 76.9 Å². The molecule has 0 saturated carbocycles. The molecule has 0 spiro atoms. The number of nitro benzene ring substituents is 1. The van der Waals surface area contributed by atoms with Crippen LogP contribution in [0.25, 0.3) is 0 Å². The zero-order valence-electron chi connectivity index (χ0n) is 16.1. The predicted octanol–water partition coefficient (Wildman–Crippen LogP) is 3.40. The summed E-state index contributed by atoms with van der Waals surface area (Å²) in [6.07, 6.45) is 0. The summed E-state index contributed by atoms with van der Waals surface area (Å²) in [5.41, 5.74) is 2.11. The van der Waals surface area contributed by atoms with Crippen LogP contribution in [-0.4, -0.2) is 42.6 Å². The van der Waals surface area contributed by atoms with Crippen molar-refractivity contribution in [3.8, 4) is 11.5 Å². The molecule has 7 nitrogen and oxygen atoms in total. The number of ether oxygens (including phenoxy) is 2. The third kappa shape index (κ3) is 5.82. The van der Waals surface area contributed by atoms with E-state index in [4.69, 9.17) is 9.47 Å². The molecule has 8 heteroatoms. The minimum Gasteiger partial charge on any atom is -0.493 e. The summed E-state index contributed by atoms with van der Waals surface area (Å²) in [6, 6.07) is 12.9. The maximum Gasteiger partial charge on any atom is 0.269 e.